The van der Waals surface area contributed by atoms with Crippen molar-refractivity contribution >= 4 is 28.2 Å². The quantitative estimate of drug-likeness (QED) is 0.742. The zero-order valence-electron chi connectivity index (χ0n) is 14.2. The number of nitrogens with zero attached hydrogens (tertiary/aromatic N) is 6. The lowest BCUT2D eigenvalue weighted by atomic mass is 9.97. The van der Waals surface area contributed by atoms with Gasteiger partial charge in [-0.25, -0.2) is 4.98 Å². The predicted molar refractivity (Wildman–Crippen MR) is 99.3 cm³/mol. The summed E-state index contributed by atoms with van der Waals surface area (Å²) in [4.78, 5) is 18.9. The molecule has 1 saturated heterocycles. The first-order valence-corrected chi connectivity index (χ1v) is 9.42. The first-order valence-electron chi connectivity index (χ1n) is 8.54. The summed E-state index contributed by atoms with van der Waals surface area (Å²) < 4.78 is 2.00. The average Bonchev–Trinajstić information content (AvgIpc) is 3.37. The highest BCUT2D eigenvalue weighted by atomic mass is 32.1. The molecule has 4 heterocycles. The van der Waals surface area contributed by atoms with E-state index in [1.807, 2.05) is 29.2 Å². The molecule has 4 rings (SSSR count). The van der Waals surface area contributed by atoms with Crippen LogP contribution in [0.5, 0.6) is 0 Å². The zero-order chi connectivity index (χ0) is 17.8. The highest BCUT2D eigenvalue weighted by molar-refractivity contribution is 7.13. The van der Waals surface area contributed by atoms with E-state index in [2.05, 4.69) is 30.5 Å². The summed E-state index contributed by atoms with van der Waals surface area (Å²) in [6, 6.07) is 5.67. The summed E-state index contributed by atoms with van der Waals surface area (Å²) in [5.74, 6) is 1.33. The Morgan fingerprint density at radius 3 is 2.85 bits per heavy atom. The molecule has 3 aromatic rings. The Balaban J connectivity index is 1.32. The molecule has 0 atom stereocenters. The van der Waals surface area contributed by atoms with Gasteiger partial charge in [0, 0.05) is 38.2 Å². The Bertz CT molecular complexity index is 825. The number of piperidine rings is 1. The lowest BCUT2D eigenvalue weighted by molar-refractivity contribution is 0.102. The second kappa shape index (κ2) is 7.61. The molecule has 0 spiro atoms. The topological polar surface area (TPSA) is 88.8 Å². The minimum atomic E-state index is -0.223. The Hall–Kier alpha value is -2.81. The van der Waals surface area contributed by atoms with E-state index in [0.717, 1.165) is 38.3 Å². The summed E-state index contributed by atoms with van der Waals surface area (Å²) in [6.07, 6.45) is 7.67. The van der Waals surface area contributed by atoms with Crippen molar-refractivity contribution in [1.82, 2.24) is 25.0 Å². The van der Waals surface area contributed by atoms with Crippen LogP contribution in [0.2, 0.25) is 0 Å². The van der Waals surface area contributed by atoms with Gasteiger partial charge in [-0.2, -0.15) is 5.10 Å². The van der Waals surface area contributed by atoms with Crippen molar-refractivity contribution in [2.24, 2.45) is 5.92 Å². The molecular formula is C17H19N7OS. The summed E-state index contributed by atoms with van der Waals surface area (Å²) in [6.45, 7) is 2.91. The van der Waals surface area contributed by atoms with Crippen LogP contribution < -0.4 is 10.2 Å². The predicted octanol–water partition coefficient (Wildman–Crippen LogP) is 2.30. The minimum Gasteiger partial charge on any atom is -0.357 e. The third kappa shape index (κ3) is 3.88. The third-order valence-electron chi connectivity index (χ3n) is 4.53. The van der Waals surface area contributed by atoms with Gasteiger partial charge in [-0.1, -0.05) is 11.3 Å². The van der Waals surface area contributed by atoms with Crippen molar-refractivity contribution in [1.29, 1.82) is 0 Å². The number of aromatic nitrogens is 5. The van der Waals surface area contributed by atoms with E-state index in [1.165, 1.54) is 11.3 Å². The smallest absolute Gasteiger partial charge is 0.259 e. The Kier molecular flexibility index (Phi) is 4.87. The molecule has 0 saturated carbocycles. The molecule has 3 aromatic heterocycles. The van der Waals surface area contributed by atoms with E-state index in [0.29, 0.717) is 16.6 Å². The molecular weight excluding hydrogens is 350 g/mol. The maximum Gasteiger partial charge on any atom is 0.259 e. The molecule has 0 radical (unpaired) electrons. The van der Waals surface area contributed by atoms with Crippen molar-refractivity contribution in [2.75, 3.05) is 23.3 Å². The van der Waals surface area contributed by atoms with Crippen LogP contribution in [0.4, 0.5) is 10.9 Å². The Morgan fingerprint density at radius 1 is 1.31 bits per heavy atom. The van der Waals surface area contributed by atoms with Crippen molar-refractivity contribution in [3.05, 3.63) is 47.9 Å². The first-order chi connectivity index (χ1) is 12.8. The number of amides is 1. The number of hydrogen-bond donors (Lipinski definition) is 1. The fourth-order valence-corrected chi connectivity index (χ4v) is 3.56. The Morgan fingerprint density at radius 2 is 2.19 bits per heavy atom. The van der Waals surface area contributed by atoms with Crippen LogP contribution in [-0.2, 0) is 6.54 Å². The standard InChI is InChI=1S/C17H19N7OS/c25-16(21-17-22-19-12-26-17)14-2-3-15(18-10-14)23-8-4-13(5-9-23)11-24-7-1-6-20-24/h1-3,6-7,10,12-13H,4-5,8-9,11H2,(H,21,22,25). The lowest BCUT2D eigenvalue weighted by Gasteiger charge is -2.32. The fraction of sp³-hybridized carbons (Fsp3) is 0.353. The van der Waals surface area contributed by atoms with E-state index in [-0.39, 0.29) is 5.91 Å². The molecule has 0 aromatic carbocycles. The van der Waals surface area contributed by atoms with E-state index in [4.69, 9.17) is 0 Å². The van der Waals surface area contributed by atoms with Crippen molar-refractivity contribution < 1.29 is 4.79 Å². The number of hydrogen-bond acceptors (Lipinski definition) is 7. The fourth-order valence-electron chi connectivity index (χ4n) is 3.12. The van der Waals surface area contributed by atoms with E-state index in [9.17, 15) is 4.79 Å². The molecule has 134 valence electrons. The molecule has 1 N–H and O–H groups in total. The average molecular weight is 369 g/mol. The Labute approximate surface area is 154 Å². The van der Waals surface area contributed by atoms with E-state index < -0.39 is 0 Å². The molecule has 1 amide bonds. The normalized spacial score (nSPS) is 15.2. The van der Waals surface area contributed by atoms with Crippen LogP contribution in [0, 0.1) is 5.92 Å². The van der Waals surface area contributed by atoms with Gasteiger partial charge in [-0.15, -0.1) is 10.2 Å². The third-order valence-corrected chi connectivity index (χ3v) is 5.14. The maximum absolute atomic E-state index is 12.2. The highest BCUT2D eigenvalue weighted by Gasteiger charge is 2.21. The first kappa shape index (κ1) is 16.6. The molecule has 26 heavy (non-hydrogen) atoms. The van der Waals surface area contributed by atoms with Gasteiger partial charge in [0.2, 0.25) is 5.13 Å². The van der Waals surface area contributed by atoms with Gasteiger partial charge in [-0.05, 0) is 37.0 Å². The maximum atomic E-state index is 12.2. The number of nitrogens with one attached hydrogen (secondary N) is 1. The SMILES string of the molecule is O=C(Nc1nncs1)c1ccc(N2CCC(Cn3cccn3)CC2)nc1. The monoisotopic (exact) mass is 369 g/mol. The summed E-state index contributed by atoms with van der Waals surface area (Å²) >= 11 is 1.28. The largest absolute Gasteiger partial charge is 0.357 e. The van der Waals surface area contributed by atoms with Crippen LogP contribution >= 0.6 is 11.3 Å². The zero-order valence-corrected chi connectivity index (χ0v) is 15.0. The highest BCUT2D eigenvalue weighted by Crippen LogP contribution is 2.23. The van der Waals surface area contributed by atoms with Crippen LogP contribution in [0.1, 0.15) is 23.2 Å². The number of rotatable bonds is 5. The van der Waals surface area contributed by atoms with Crippen molar-refractivity contribution in [3.63, 3.8) is 0 Å². The van der Waals surface area contributed by atoms with Gasteiger partial charge in [0.05, 0.1) is 5.56 Å². The molecule has 1 fully saturated rings. The summed E-state index contributed by atoms with van der Waals surface area (Å²) in [5, 5.41) is 15.0. The second-order valence-electron chi connectivity index (χ2n) is 6.26. The molecule has 0 bridgehead atoms. The molecule has 1 aliphatic heterocycles. The van der Waals surface area contributed by atoms with Gasteiger partial charge in [0.1, 0.15) is 11.3 Å². The second-order valence-corrected chi connectivity index (χ2v) is 7.09. The van der Waals surface area contributed by atoms with Crippen molar-refractivity contribution in [3.8, 4) is 0 Å². The molecule has 8 nitrogen and oxygen atoms in total. The van der Waals surface area contributed by atoms with Crippen LogP contribution in [0.15, 0.2) is 42.3 Å². The van der Waals surface area contributed by atoms with Gasteiger partial charge in [0.15, 0.2) is 0 Å². The van der Waals surface area contributed by atoms with Gasteiger partial charge >= 0.3 is 0 Å². The van der Waals surface area contributed by atoms with Crippen LogP contribution in [0.3, 0.4) is 0 Å². The minimum absolute atomic E-state index is 0.223. The molecule has 1 aliphatic rings. The van der Waals surface area contributed by atoms with Crippen LogP contribution in [-0.4, -0.2) is 44.0 Å². The van der Waals surface area contributed by atoms with Gasteiger partial charge in [-0.3, -0.25) is 14.8 Å². The summed E-state index contributed by atoms with van der Waals surface area (Å²) in [7, 11) is 0. The molecule has 0 unspecified atom stereocenters. The number of anilines is 2. The number of carbonyl (C=O) groups excluding carboxylic acids is 1. The number of carbonyl (C=O) groups is 1. The van der Waals surface area contributed by atoms with E-state index in [1.54, 1.807) is 17.8 Å². The number of pyridine rings is 1. The molecule has 9 heteroatoms. The van der Waals surface area contributed by atoms with Gasteiger partial charge < -0.3 is 4.90 Å². The van der Waals surface area contributed by atoms with Crippen molar-refractivity contribution in [2.45, 2.75) is 19.4 Å². The summed E-state index contributed by atoms with van der Waals surface area (Å²) in [5.41, 5.74) is 2.09. The van der Waals surface area contributed by atoms with Crippen LogP contribution in [0.25, 0.3) is 0 Å². The van der Waals surface area contributed by atoms with E-state index >= 15 is 0 Å². The molecule has 0 aliphatic carbocycles. The lowest BCUT2D eigenvalue weighted by Crippen LogP contribution is -2.35. The van der Waals surface area contributed by atoms with Gasteiger partial charge in [0.25, 0.3) is 5.91 Å².